The number of hydrogen-bond donors (Lipinski definition) is 0. The zero-order chi connectivity index (χ0) is 28.0. The first kappa shape index (κ1) is 27.4. The molecule has 2 heteroatoms. The Bertz CT molecular complexity index is 1670. The molecule has 0 bridgehead atoms. The molecule has 0 aliphatic carbocycles. The summed E-state index contributed by atoms with van der Waals surface area (Å²) in [5, 5.41) is 10.5. The molecule has 0 amide bonds. The summed E-state index contributed by atoms with van der Waals surface area (Å²) in [4.78, 5) is 0. The molecule has 0 fully saturated rings. The lowest BCUT2D eigenvalue weighted by Gasteiger charge is -2.13. The Morgan fingerprint density at radius 1 is 0.463 bits per heavy atom. The van der Waals surface area contributed by atoms with Crippen LogP contribution in [0.3, 0.4) is 0 Å². The van der Waals surface area contributed by atoms with Crippen LogP contribution in [-0.4, -0.2) is 13.2 Å². The quantitative estimate of drug-likeness (QED) is 0.114. The van der Waals surface area contributed by atoms with Crippen molar-refractivity contribution in [3.8, 4) is 0 Å². The highest BCUT2D eigenvalue weighted by Crippen LogP contribution is 2.32. The van der Waals surface area contributed by atoms with E-state index >= 15 is 0 Å². The van der Waals surface area contributed by atoms with Crippen molar-refractivity contribution in [2.75, 3.05) is 13.2 Å². The Morgan fingerprint density at radius 3 is 1.34 bits per heavy atom. The molecule has 0 radical (unpaired) electrons. The zero-order valence-corrected chi connectivity index (χ0v) is 24.4. The molecule has 6 aromatic rings. The summed E-state index contributed by atoms with van der Waals surface area (Å²) in [7, 11) is 0. The van der Waals surface area contributed by atoms with Crippen molar-refractivity contribution in [2.45, 2.75) is 59.2 Å². The molecular weight excluding hydrogens is 500 g/mol. The molecule has 0 saturated carbocycles. The number of ether oxygens (including phenoxy) is 2. The van der Waals surface area contributed by atoms with E-state index in [1.807, 2.05) is 0 Å². The van der Waals surface area contributed by atoms with Crippen LogP contribution in [0.4, 0.5) is 0 Å². The van der Waals surface area contributed by atoms with Gasteiger partial charge in [-0.25, -0.2) is 0 Å². The van der Waals surface area contributed by atoms with Gasteiger partial charge in [-0.15, -0.1) is 0 Å². The van der Waals surface area contributed by atoms with E-state index in [-0.39, 0.29) is 0 Å². The van der Waals surface area contributed by atoms with E-state index < -0.39 is 0 Å². The second-order valence-electron chi connectivity index (χ2n) is 11.2. The number of aryl methyl sites for hydroxylation is 2. The van der Waals surface area contributed by atoms with E-state index in [9.17, 15) is 0 Å². The van der Waals surface area contributed by atoms with Crippen molar-refractivity contribution in [3.63, 3.8) is 0 Å². The molecule has 0 spiro atoms. The van der Waals surface area contributed by atoms with Crippen LogP contribution < -0.4 is 0 Å². The van der Waals surface area contributed by atoms with Crippen LogP contribution in [-0.2, 0) is 35.5 Å². The van der Waals surface area contributed by atoms with Gasteiger partial charge in [0.2, 0.25) is 0 Å². The number of benzene rings is 6. The Kier molecular flexibility index (Phi) is 8.60. The third-order valence-corrected chi connectivity index (χ3v) is 8.16. The van der Waals surface area contributed by atoms with Crippen molar-refractivity contribution >= 4 is 43.1 Å². The third-order valence-electron chi connectivity index (χ3n) is 8.16. The van der Waals surface area contributed by atoms with E-state index in [1.165, 1.54) is 65.3 Å². The van der Waals surface area contributed by atoms with Crippen LogP contribution in [0.2, 0.25) is 0 Å². The predicted molar refractivity (Wildman–Crippen MR) is 175 cm³/mol. The van der Waals surface area contributed by atoms with Gasteiger partial charge < -0.3 is 9.47 Å². The highest BCUT2D eigenvalue weighted by Gasteiger charge is 2.10. The van der Waals surface area contributed by atoms with Gasteiger partial charge in [-0.3, -0.25) is 0 Å². The summed E-state index contributed by atoms with van der Waals surface area (Å²) in [6.45, 7) is 7.24. The summed E-state index contributed by atoms with van der Waals surface area (Å²) in [5.41, 5.74) is 5.36. The molecule has 0 unspecified atom stereocenters. The van der Waals surface area contributed by atoms with Gasteiger partial charge in [-0.05, 0) is 110 Å². The normalized spacial score (nSPS) is 11.8. The van der Waals surface area contributed by atoms with Crippen molar-refractivity contribution in [1.29, 1.82) is 0 Å². The SMILES string of the molecule is CCCOCc1cc2cc(CCCc3ccc4c(c3)cc(COCCC)c3ccccc34)ccc2c2ccccc12. The van der Waals surface area contributed by atoms with Crippen LogP contribution in [0.5, 0.6) is 0 Å². The highest BCUT2D eigenvalue weighted by molar-refractivity contribution is 6.10. The molecule has 0 aromatic heterocycles. The fourth-order valence-electron chi connectivity index (χ4n) is 6.18. The van der Waals surface area contributed by atoms with Gasteiger partial charge in [-0.2, -0.15) is 0 Å². The van der Waals surface area contributed by atoms with Crippen LogP contribution in [0.15, 0.2) is 97.1 Å². The van der Waals surface area contributed by atoms with Crippen molar-refractivity contribution < 1.29 is 9.47 Å². The summed E-state index contributed by atoms with van der Waals surface area (Å²) in [6.07, 6.45) is 5.33. The Morgan fingerprint density at radius 2 is 0.902 bits per heavy atom. The number of rotatable bonds is 12. The molecular formula is C39H40O2. The average Bonchev–Trinajstić information content (AvgIpc) is 3.01. The van der Waals surface area contributed by atoms with Gasteiger partial charge in [0, 0.05) is 13.2 Å². The monoisotopic (exact) mass is 540 g/mol. The zero-order valence-electron chi connectivity index (χ0n) is 24.4. The summed E-state index contributed by atoms with van der Waals surface area (Å²) in [5.74, 6) is 0. The molecule has 2 nitrogen and oxygen atoms in total. The molecule has 0 saturated heterocycles. The smallest absolute Gasteiger partial charge is 0.0723 e. The Labute approximate surface area is 243 Å². The van der Waals surface area contributed by atoms with E-state index in [2.05, 4.69) is 111 Å². The van der Waals surface area contributed by atoms with E-state index in [0.29, 0.717) is 13.2 Å². The summed E-state index contributed by atoms with van der Waals surface area (Å²) < 4.78 is 11.9. The second kappa shape index (κ2) is 12.9. The Balaban J connectivity index is 1.21. The maximum Gasteiger partial charge on any atom is 0.0723 e. The van der Waals surface area contributed by atoms with E-state index in [1.54, 1.807) is 0 Å². The molecule has 41 heavy (non-hydrogen) atoms. The van der Waals surface area contributed by atoms with Crippen molar-refractivity contribution in [3.05, 3.63) is 119 Å². The summed E-state index contributed by atoms with van der Waals surface area (Å²) in [6, 6.07) is 36.2. The minimum absolute atomic E-state index is 0.665. The largest absolute Gasteiger partial charge is 0.377 e. The lowest BCUT2D eigenvalue weighted by molar-refractivity contribution is 0.122. The predicted octanol–water partition coefficient (Wildman–Crippen LogP) is 10.3. The van der Waals surface area contributed by atoms with Gasteiger partial charge in [0.1, 0.15) is 0 Å². The molecule has 0 N–H and O–H groups in total. The first-order valence-corrected chi connectivity index (χ1v) is 15.3. The highest BCUT2D eigenvalue weighted by atomic mass is 16.5. The molecule has 208 valence electrons. The average molecular weight is 541 g/mol. The third kappa shape index (κ3) is 6.00. The van der Waals surface area contributed by atoms with Crippen LogP contribution in [0.25, 0.3) is 43.1 Å². The van der Waals surface area contributed by atoms with Gasteiger partial charge >= 0.3 is 0 Å². The molecule has 0 aliphatic heterocycles. The van der Waals surface area contributed by atoms with Crippen molar-refractivity contribution in [1.82, 2.24) is 0 Å². The standard InChI is InChI=1S/C39H40O2/c1-3-20-40-26-32-24-30-22-28(16-18-36(30)38-14-7-5-12-34(32)38)10-9-11-29-17-19-37-31(23-29)25-33(27-41-21-4-2)35-13-6-8-15-39(35)37/h5-8,12-19,22-25H,3-4,9-11,20-21,26-27H2,1-2H3. The second-order valence-corrected chi connectivity index (χ2v) is 11.2. The fraction of sp³-hybridized carbons (Fsp3) is 0.282. The first-order chi connectivity index (χ1) is 20.2. The Hall–Kier alpha value is -3.72. The molecule has 6 aromatic carbocycles. The van der Waals surface area contributed by atoms with Gasteiger partial charge in [0.15, 0.2) is 0 Å². The lowest BCUT2D eigenvalue weighted by Crippen LogP contribution is -1.97. The summed E-state index contributed by atoms with van der Waals surface area (Å²) >= 11 is 0. The van der Waals surface area contributed by atoms with Gasteiger partial charge in [-0.1, -0.05) is 98.8 Å². The van der Waals surface area contributed by atoms with Gasteiger partial charge in [0.05, 0.1) is 13.2 Å². The maximum atomic E-state index is 5.95. The maximum absolute atomic E-state index is 5.95. The van der Waals surface area contributed by atoms with Crippen LogP contribution in [0, 0.1) is 0 Å². The van der Waals surface area contributed by atoms with Crippen LogP contribution in [0.1, 0.15) is 55.4 Å². The van der Waals surface area contributed by atoms with Gasteiger partial charge in [0.25, 0.3) is 0 Å². The fourth-order valence-corrected chi connectivity index (χ4v) is 6.18. The minimum atomic E-state index is 0.665. The lowest BCUT2D eigenvalue weighted by atomic mass is 9.94. The number of fused-ring (bicyclic) bond motifs is 6. The van der Waals surface area contributed by atoms with Crippen LogP contribution >= 0.6 is 0 Å². The molecule has 0 aliphatic rings. The molecule has 6 rings (SSSR count). The number of hydrogen-bond acceptors (Lipinski definition) is 2. The topological polar surface area (TPSA) is 18.5 Å². The molecule has 0 heterocycles. The van der Waals surface area contributed by atoms with Crippen molar-refractivity contribution in [2.24, 2.45) is 0 Å². The minimum Gasteiger partial charge on any atom is -0.377 e. The van der Waals surface area contributed by atoms with E-state index in [0.717, 1.165) is 45.3 Å². The molecule has 0 atom stereocenters. The van der Waals surface area contributed by atoms with E-state index in [4.69, 9.17) is 9.47 Å². The first-order valence-electron chi connectivity index (χ1n) is 15.3.